The average molecular weight is 379 g/mol. The molecule has 8 heteroatoms. The Hall–Kier alpha value is -3.13. The normalized spacial score (nSPS) is 16.0. The lowest BCUT2D eigenvalue weighted by molar-refractivity contribution is -0.122. The van der Waals surface area contributed by atoms with E-state index in [-0.39, 0.29) is 5.91 Å². The van der Waals surface area contributed by atoms with Crippen molar-refractivity contribution in [3.8, 4) is 10.8 Å². The molecule has 0 saturated carbocycles. The molecule has 3 aromatic rings. The van der Waals surface area contributed by atoms with Gasteiger partial charge in [0.15, 0.2) is 10.8 Å². The van der Waals surface area contributed by atoms with Crippen molar-refractivity contribution in [3.05, 3.63) is 64.4 Å². The van der Waals surface area contributed by atoms with E-state index in [1.54, 1.807) is 30.3 Å². The molecule has 0 fully saturated rings. The Morgan fingerprint density at radius 1 is 1.15 bits per heavy atom. The van der Waals surface area contributed by atoms with Gasteiger partial charge >= 0.3 is 0 Å². The molecule has 1 atom stereocenters. The number of thiazole rings is 1. The molecule has 0 saturated heterocycles. The van der Waals surface area contributed by atoms with Crippen LogP contribution in [0.4, 0.5) is 0 Å². The molecule has 136 valence electrons. The predicted molar refractivity (Wildman–Crippen MR) is 101 cm³/mol. The highest BCUT2D eigenvalue weighted by Gasteiger charge is 2.35. The van der Waals surface area contributed by atoms with Crippen LogP contribution in [0, 0.1) is 6.92 Å². The molecule has 2 aromatic heterocycles. The Bertz CT molecular complexity index is 1020. The van der Waals surface area contributed by atoms with Crippen LogP contribution in [0.2, 0.25) is 0 Å². The average Bonchev–Trinajstić information content (AvgIpc) is 3.08. The van der Waals surface area contributed by atoms with Crippen molar-refractivity contribution >= 4 is 23.2 Å². The first kappa shape index (κ1) is 17.3. The molecule has 0 bridgehead atoms. The molecule has 0 unspecified atom stereocenters. The van der Waals surface area contributed by atoms with Gasteiger partial charge in [-0.15, -0.1) is 11.3 Å². The highest BCUT2D eigenvalue weighted by Crippen LogP contribution is 2.30. The number of aromatic nitrogens is 3. The molecule has 0 spiro atoms. The number of rotatable bonds is 3. The van der Waals surface area contributed by atoms with E-state index in [0.29, 0.717) is 34.4 Å². The highest BCUT2D eigenvalue weighted by atomic mass is 32.1. The van der Waals surface area contributed by atoms with Gasteiger partial charge in [-0.25, -0.2) is 15.0 Å². The predicted octanol–water partition coefficient (Wildman–Crippen LogP) is 1.96. The number of aryl methyl sites for hydroxylation is 1. The van der Waals surface area contributed by atoms with E-state index in [2.05, 4.69) is 15.0 Å². The van der Waals surface area contributed by atoms with Gasteiger partial charge in [-0.05, 0) is 24.1 Å². The molecular formula is C19H17N5O2S. The maximum atomic E-state index is 13.2. The monoisotopic (exact) mass is 379 g/mol. The zero-order valence-electron chi connectivity index (χ0n) is 14.6. The van der Waals surface area contributed by atoms with Gasteiger partial charge in [0, 0.05) is 25.4 Å². The third-order valence-corrected chi connectivity index (χ3v) is 5.73. The van der Waals surface area contributed by atoms with E-state index < -0.39 is 11.9 Å². The standard InChI is InChI=1S/C19H17N5O2S/c1-11-15(27-18(23-11)17-21-7-4-8-22-17)19(26)24-10-13-6-3-2-5-12(13)9-14(24)16(20)25/h2-8,14H,9-10H2,1H3,(H2,20,25)/t14-/m0/s1. The zero-order chi connectivity index (χ0) is 19.0. The number of fused-ring (bicyclic) bond motifs is 1. The van der Waals surface area contributed by atoms with E-state index in [1.807, 2.05) is 24.3 Å². The van der Waals surface area contributed by atoms with E-state index >= 15 is 0 Å². The number of nitrogens with zero attached hydrogens (tertiary/aromatic N) is 4. The highest BCUT2D eigenvalue weighted by molar-refractivity contribution is 7.17. The minimum absolute atomic E-state index is 0.245. The minimum atomic E-state index is -0.676. The summed E-state index contributed by atoms with van der Waals surface area (Å²) in [6, 6.07) is 8.83. The van der Waals surface area contributed by atoms with Crippen molar-refractivity contribution in [2.24, 2.45) is 5.73 Å². The van der Waals surface area contributed by atoms with Gasteiger partial charge in [0.1, 0.15) is 10.9 Å². The van der Waals surface area contributed by atoms with E-state index in [9.17, 15) is 9.59 Å². The number of hydrogen-bond acceptors (Lipinski definition) is 6. The van der Waals surface area contributed by atoms with Crippen LogP contribution < -0.4 is 5.73 Å². The summed E-state index contributed by atoms with van der Waals surface area (Å²) in [5, 5.41) is 0.574. The van der Waals surface area contributed by atoms with Crippen LogP contribution in [-0.2, 0) is 17.8 Å². The first-order valence-corrected chi connectivity index (χ1v) is 9.28. The van der Waals surface area contributed by atoms with Crippen LogP contribution in [-0.4, -0.2) is 37.7 Å². The number of amides is 2. The number of primary amides is 1. The Morgan fingerprint density at radius 2 is 1.85 bits per heavy atom. The maximum absolute atomic E-state index is 13.2. The molecule has 0 radical (unpaired) electrons. The Kier molecular flexibility index (Phi) is 4.41. The summed E-state index contributed by atoms with van der Waals surface area (Å²) in [7, 11) is 0. The van der Waals surface area contributed by atoms with Crippen molar-refractivity contribution in [3.63, 3.8) is 0 Å². The second-order valence-electron chi connectivity index (χ2n) is 6.33. The van der Waals surface area contributed by atoms with E-state index in [0.717, 1.165) is 11.1 Å². The summed E-state index contributed by atoms with van der Waals surface area (Å²) in [4.78, 5) is 40.1. The smallest absolute Gasteiger partial charge is 0.266 e. The Morgan fingerprint density at radius 3 is 2.56 bits per heavy atom. The minimum Gasteiger partial charge on any atom is -0.368 e. The lowest BCUT2D eigenvalue weighted by atomic mass is 9.93. The van der Waals surface area contributed by atoms with Gasteiger partial charge in [-0.1, -0.05) is 24.3 Å². The van der Waals surface area contributed by atoms with Crippen LogP contribution in [0.25, 0.3) is 10.8 Å². The van der Waals surface area contributed by atoms with Gasteiger partial charge in [0.25, 0.3) is 5.91 Å². The first-order valence-electron chi connectivity index (χ1n) is 8.46. The van der Waals surface area contributed by atoms with Gasteiger partial charge < -0.3 is 10.6 Å². The Balaban J connectivity index is 1.69. The molecule has 0 aliphatic carbocycles. The second-order valence-corrected chi connectivity index (χ2v) is 7.33. The van der Waals surface area contributed by atoms with Gasteiger partial charge in [0.05, 0.1) is 5.69 Å². The molecule has 3 heterocycles. The molecule has 2 amide bonds. The molecule has 1 aliphatic heterocycles. The van der Waals surface area contributed by atoms with Crippen molar-refractivity contribution < 1.29 is 9.59 Å². The van der Waals surface area contributed by atoms with Crippen molar-refractivity contribution in [2.75, 3.05) is 0 Å². The number of carbonyl (C=O) groups excluding carboxylic acids is 2. The SMILES string of the molecule is Cc1nc(-c2ncccn2)sc1C(=O)N1Cc2ccccc2C[C@H]1C(N)=O. The largest absolute Gasteiger partial charge is 0.368 e. The molecular weight excluding hydrogens is 362 g/mol. The number of nitrogens with two attached hydrogens (primary N) is 1. The van der Waals surface area contributed by atoms with Crippen LogP contribution in [0.15, 0.2) is 42.7 Å². The molecule has 2 N–H and O–H groups in total. The van der Waals surface area contributed by atoms with Crippen LogP contribution in [0.5, 0.6) is 0 Å². The quantitative estimate of drug-likeness (QED) is 0.749. The number of hydrogen-bond donors (Lipinski definition) is 1. The molecule has 7 nitrogen and oxygen atoms in total. The number of carbonyl (C=O) groups is 2. The van der Waals surface area contributed by atoms with Crippen molar-refractivity contribution in [1.29, 1.82) is 0 Å². The van der Waals surface area contributed by atoms with Gasteiger partial charge in [0.2, 0.25) is 5.91 Å². The molecule has 4 rings (SSSR count). The summed E-state index contributed by atoms with van der Waals surface area (Å²) in [6.07, 6.45) is 3.68. The van der Waals surface area contributed by atoms with Gasteiger partial charge in [-0.3, -0.25) is 9.59 Å². The lowest BCUT2D eigenvalue weighted by Gasteiger charge is -2.34. The summed E-state index contributed by atoms with van der Waals surface area (Å²) in [5.74, 6) is -0.280. The Labute approximate surface area is 159 Å². The topological polar surface area (TPSA) is 102 Å². The summed E-state index contributed by atoms with van der Waals surface area (Å²) < 4.78 is 0. The molecule has 1 aliphatic rings. The second kappa shape index (κ2) is 6.88. The summed E-state index contributed by atoms with van der Waals surface area (Å²) in [5.41, 5.74) is 8.26. The van der Waals surface area contributed by atoms with Crippen molar-refractivity contribution in [2.45, 2.75) is 25.9 Å². The fourth-order valence-electron chi connectivity index (χ4n) is 3.22. The number of benzene rings is 1. The van der Waals surface area contributed by atoms with Crippen LogP contribution in [0.1, 0.15) is 26.5 Å². The fourth-order valence-corrected chi connectivity index (χ4v) is 4.19. The van der Waals surface area contributed by atoms with Crippen molar-refractivity contribution in [1.82, 2.24) is 19.9 Å². The zero-order valence-corrected chi connectivity index (χ0v) is 15.4. The van der Waals surface area contributed by atoms with Crippen LogP contribution >= 0.6 is 11.3 Å². The maximum Gasteiger partial charge on any atom is 0.266 e. The van der Waals surface area contributed by atoms with Gasteiger partial charge in [-0.2, -0.15) is 0 Å². The summed E-state index contributed by atoms with van der Waals surface area (Å²) >= 11 is 1.23. The van der Waals surface area contributed by atoms with Crippen LogP contribution in [0.3, 0.4) is 0 Å². The third kappa shape index (κ3) is 3.19. The lowest BCUT2D eigenvalue weighted by Crippen LogP contribution is -2.51. The molecule has 27 heavy (non-hydrogen) atoms. The fraction of sp³-hybridized carbons (Fsp3) is 0.211. The third-order valence-electron chi connectivity index (χ3n) is 4.59. The van der Waals surface area contributed by atoms with E-state index in [4.69, 9.17) is 5.73 Å². The summed E-state index contributed by atoms with van der Waals surface area (Å²) in [6.45, 7) is 2.12. The first-order chi connectivity index (χ1) is 13.0. The van der Waals surface area contributed by atoms with E-state index in [1.165, 1.54) is 11.3 Å². The molecule has 1 aromatic carbocycles.